The van der Waals surface area contributed by atoms with Gasteiger partial charge in [0.1, 0.15) is 11.6 Å². The van der Waals surface area contributed by atoms with Crippen LogP contribution in [0.15, 0.2) is 11.2 Å². The highest BCUT2D eigenvalue weighted by Crippen LogP contribution is 2.21. The molecule has 0 bridgehead atoms. The molecule has 1 aromatic rings. The number of nitrogens with zero attached hydrogens (tertiary/aromatic N) is 4. The van der Waals surface area contributed by atoms with Gasteiger partial charge in [-0.1, -0.05) is 11.8 Å². The Balaban J connectivity index is 2.12. The third-order valence-corrected chi connectivity index (χ3v) is 3.62. The van der Waals surface area contributed by atoms with Crippen molar-refractivity contribution in [2.75, 3.05) is 42.8 Å². The highest BCUT2D eigenvalue weighted by atomic mass is 32.2. The zero-order valence-corrected chi connectivity index (χ0v) is 11.9. The molecule has 0 spiro atoms. The number of anilines is 2. The van der Waals surface area contributed by atoms with Crippen molar-refractivity contribution in [1.82, 2.24) is 14.9 Å². The molecule has 104 valence electrons. The van der Waals surface area contributed by atoms with Crippen LogP contribution in [0.4, 0.5) is 11.6 Å². The Hall–Kier alpha value is -1.54. The van der Waals surface area contributed by atoms with E-state index >= 15 is 0 Å². The van der Waals surface area contributed by atoms with Crippen LogP contribution in [0, 0.1) is 0 Å². The van der Waals surface area contributed by atoms with Gasteiger partial charge in [0.05, 0.1) is 0 Å². The van der Waals surface area contributed by atoms with Crippen molar-refractivity contribution in [2.45, 2.75) is 12.1 Å². The van der Waals surface area contributed by atoms with Crippen LogP contribution < -0.4 is 16.2 Å². The molecule has 1 aliphatic rings. The summed E-state index contributed by atoms with van der Waals surface area (Å²) < 4.78 is 0. The van der Waals surface area contributed by atoms with Gasteiger partial charge >= 0.3 is 0 Å². The number of thioether (sulfide) groups is 1. The number of piperazine rings is 1. The Morgan fingerprint density at radius 3 is 2.58 bits per heavy atom. The van der Waals surface area contributed by atoms with E-state index in [9.17, 15) is 4.79 Å². The molecule has 7 nitrogen and oxygen atoms in total. The van der Waals surface area contributed by atoms with Gasteiger partial charge in [-0.2, -0.15) is 0 Å². The molecule has 2 rings (SSSR count). The number of rotatable bonds is 3. The van der Waals surface area contributed by atoms with E-state index < -0.39 is 0 Å². The molecule has 2 heterocycles. The fourth-order valence-corrected chi connectivity index (χ4v) is 2.36. The molecule has 3 N–H and O–H groups in total. The normalized spacial score (nSPS) is 15.5. The number of amides is 1. The Morgan fingerprint density at radius 1 is 1.37 bits per heavy atom. The first-order valence-corrected chi connectivity index (χ1v) is 7.26. The van der Waals surface area contributed by atoms with Gasteiger partial charge in [-0.05, 0) is 6.26 Å². The maximum Gasteiger partial charge on any atom is 0.219 e. The lowest BCUT2D eigenvalue weighted by molar-refractivity contribution is -0.129. The summed E-state index contributed by atoms with van der Waals surface area (Å²) in [5, 5.41) is 0.680. The lowest BCUT2D eigenvalue weighted by Crippen LogP contribution is -2.48. The minimum atomic E-state index is 0.122. The van der Waals surface area contributed by atoms with Crippen molar-refractivity contribution in [3.8, 4) is 0 Å². The minimum absolute atomic E-state index is 0.122. The molecule has 0 atom stereocenters. The molecule has 1 fully saturated rings. The quantitative estimate of drug-likeness (QED) is 0.353. The van der Waals surface area contributed by atoms with Crippen LogP contribution in [0.1, 0.15) is 6.92 Å². The molecule has 0 aliphatic carbocycles. The number of hydrogen-bond acceptors (Lipinski definition) is 7. The Labute approximate surface area is 116 Å². The number of aromatic nitrogens is 2. The monoisotopic (exact) mass is 282 g/mol. The third-order valence-electron chi connectivity index (χ3n) is 3.07. The van der Waals surface area contributed by atoms with Crippen LogP contribution >= 0.6 is 11.8 Å². The van der Waals surface area contributed by atoms with Crippen molar-refractivity contribution in [2.24, 2.45) is 5.84 Å². The predicted octanol–water partition coefficient (Wildman–Crippen LogP) is 0.153. The molecule has 1 saturated heterocycles. The average Bonchev–Trinajstić information content (AvgIpc) is 2.46. The van der Waals surface area contributed by atoms with E-state index in [1.807, 2.05) is 17.2 Å². The lowest BCUT2D eigenvalue weighted by Gasteiger charge is -2.35. The highest BCUT2D eigenvalue weighted by molar-refractivity contribution is 7.98. The molecule has 8 heteroatoms. The van der Waals surface area contributed by atoms with E-state index in [4.69, 9.17) is 5.84 Å². The number of nitrogens with one attached hydrogen (secondary N) is 1. The summed E-state index contributed by atoms with van der Waals surface area (Å²) in [6.45, 7) is 4.59. The van der Waals surface area contributed by atoms with Crippen LogP contribution in [0.25, 0.3) is 0 Å². The van der Waals surface area contributed by atoms with Gasteiger partial charge in [-0.3, -0.25) is 4.79 Å². The molecule has 0 unspecified atom stereocenters. The number of carbonyl (C=O) groups excluding carboxylic acids is 1. The van der Waals surface area contributed by atoms with E-state index in [0.29, 0.717) is 11.0 Å². The summed E-state index contributed by atoms with van der Waals surface area (Å²) in [7, 11) is 0. The summed E-state index contributed by atoms with van der Waals surface area (Å²) in [4.78, 5) is 24.0. The van der Waals surface area contributed by atoms with E-state index in [1.165, 1.54) is 11.8 Å². The Bertz CT molecular complexity index is 438. The largest absolute Gasteiger partial charge is 0.353 e. The first-order chi connectivity index (χ1) is 9.13. The highest BCUT2D eigenvalue weighted by Gasteiger charge is 2.20. The number of nitrogen functional groups attached to an aromatic ring is 1. The van der Waals surface area contributed by atoms with Gasteiger partial charge in [0.25, 0.3) is 0 Å². The summed E-state index contributed by atoms with van der Waals surface area (Å²) in [6, 6.07) is 1.82. The summed E-state index contributed by atoms with van der Waals surface area (Å²) in [5.41, 5.74) is 2.55. The molecular weight excluding hydrogens is 264 g/mol. The molecular formula is C11H18N6OS. The van der Waals surface area contributed by atoms with Crippen molar-refractivity contribution < 1.29 is 4.79 Å². The second-order valence-corrected chi connectivity index (χ2v) is 5.01. The second-order valence-electron chi connectivity index (χ2n) is 4.24. The van der Waals surface area contributed by atoms with Gasteiger partial charge in [-0.25, -0.2) is 15.8 Å². The molecule has 0 saturated carbocycles. The van der Waals surface area contributed by atoms with Crippen molar-refractivity contribution in [3.05, 3.63) is 6.07 Å². The Kier molecular flexibility index (Phi) is 4.43. The van der Waals surface area contributed by atoms with E-state index in [2.05, 4.69) is 20.3 Å². The first-order valence-electron chi connectivity index (χ1n) is 6.04. The summed E-state index contributed by atoms with van der Waals surface area (Å²) >= 11 is 1.47. The van der Waals surface area contributed by atoms with Crippen LogP contribution in [-0.4, -0.2) is 53.2 Å². The van der Waals surface area contributed by atoms with Crippen LogP contribution in [0.5, 0.6) is 0 Å². The number of nitrogens with two attached hydrogens (primary N) is 1. The van der Waals surface area contributed by atoms with Gasteiger partial charge < -0.3 is 15.2 Å². The standard InChI is InChI=1S/C11H18N6OS/c1-8(18)16-3-5-17(6-4-16)10-7-9(15-12)13-11(14-10)19-2/h7H,3-6,12H2,1-2H3,(H,13,14,15). The fraction of sp³-hybridized carbons (Fsp3) is 0.545. The fourth-order valence-electron chi connectivity index (χ4n) is 1.99. The van der Waals surface area contributed by atoms with Crippen molar-refractivity contribution >= 4 is 29.3 Å². The number of carbonyl (C=O) groups is 1. The molecule has 19 heavy (non-hydrogen) atoms. The maximum absolute atomic E-state index is 11.3. The SMILES string of the molecule is CSc1nc(NN)cc(N2CCN(C(C)=O)CC2)n1. The van der Waals surface area contributed by atoms with E-state index in [1.54, 1.807) is 6.92 Å². The van der Waals surface area contributed by atoms with Crippen LogP contribution in [0.3, 0.4) is 0 Å². The topological polar surface area (TPSA) is 87.4 Å². The zero-order chi connectivity index (χ0) is 13.8. The molecule has 1 aliphatic heterocycles. The van der Waals surface area contributed by atoms with Gasteiger partial charge in [0, 0.05) is 39.2 Å². The smallest absolute Gasteiger partial charge is 0.219 e. The second kappa shape index (κ2) is 6.07. The zero-order valence-electron chi connectivity index (χ0n) is 11.1. The number of hydrogen-bond donors (Lipinski definition) is 2. The number of hydrazine groups is 1. The predicted molar refractivity (Wildman–Crippen MR) is 76.1 cm³/mol. The molecule has 0 aromatic carbocycles. The molecule has 1 amide bonds. The van der Waals surface area contributed by atoms with Crippen LogP contribution in [-0.2, 0) is 4.79 Å². The minimum Gasteiger partial charge on any atom is -0.353 e. The molecule has 0 radical (unpaired) electrons. The van der Waals surface area contributed by atoms with E-state index in [0.717, 1.165) is 32.0 Å². The van der Waals surface area contributed by atoms with Crippen LogP contribution in [0.2, 0.25) is 0 Å². The maximum atomic E-state index is 11.3. The first kappa shape index (κ1) is 13.9. The van der Waals surface area contributed by atoms with Crippen molar-refractivity contribution in [1.29, 1.82) is 0 Å². The van der Waals surface area contributed by atoms with Gasteiger partial charge in [-0.15, -0.1) is 0 Å². The van der Waals surface area contributed by atoms with Gasteiger partial charge in [0.15, 0.2) is 5.16 Å². The lowest BCUT2D eigenvalue weighted by atomic mass is 10.3. The summed E-state index contributed by atoms with van der Waals surface area (Å²) in [6.07, 6.45) is 1.92. The Morgan fingerprint density at radius 2 is 2.05 bits per heavy atom. The van der Waals surface area contributed by atoms with E-state index in [-0.39, 0.29) is 5.91 Å². The molecule has 1 aromatic heterocycles. The van der Waals surface area contributed by atoms with Crippen molar-refractivity contribution in [3.63, 3.8) is 0 Å². The van der Waals surface area contributed by atoms with Gasteiger partial charge in [0.2, 0.25) is 5.91 Å². The summed E-state index contributed by atoms with van der Waals surface area (Å²) in [5.74, 6) is 6.98. The average molecular weight is 282 g/mol. The third kappa shape index (κ3) is 3.27.